The molecule has 0 aromatic rings. The van der Waals surface area contributed by atoms with Gasteiger partial charge in [0.1, 0.15) is 0 Å². The zero-order valence-corrected chi connectivity index (χ0v) is 12.6. The maximum Gasteiger partial charge on any atom is 0.210 e. The molecular formula is C10H26O2Si2. The fourth-order valence-corrected chi connectivity index (χ4v) is 6.29. The van der Waals surface area contributed by atoms with Gasteiger partial charge in [0.05, 0.1) is 6.23 Å². The van der Waals surface area contributed by atoms with Gasteiger partial charge in [0.25, 0.3) is 0 Å². The SMILES string of the molecule is CC[Si](CC)(CC)OC[Si](C)(C)OC. The molecule has 0 aliphatic heterocycles. The molecule has 0 unspecified atom stereocenters. The van der Waals surface area contributed by atoms with Crippen LogP contribution in [0.2, 0.25) is 31.2 Å². The van der Waals surface area contributed by atoms with Crippen LogP contribution in [-0.4, -0.2) is 30.0 Å². The highest BCUT2D eigenvalue weighted by atomic mass is 28.4. The summed E-state index contributed by atoms with van der Waals surface area (Å²) in [5.41, 5.74) is 0. The van der Waals surface area contributed by atoms with E-state index in [-0.39, 0.29) is 0 Å². The van der Waals surface area contributed by atoms with Crippen molar-refractivity contribution in [3.63, 3.8) is 0 Å². The van der Waals surface area contributed by atoms with E-state index in [9.17, 15) is 0 Å². The van der Waals surface area contributed by atoms with Gasteiger partial charge in [-0.15, -0.1) is 0 Å². The smallest absolute Gasteiger partial charge is 0.210 e. The molecule has 86 valence electrons. The molecule has 0 aliphatic rings. The molecule has 0 amide bonds. The van der Waals surface area contributed by atoms with Gasteiger partial charge in [-0.3, -0.25) is 0 Å². The molecule has 0 heterocycles. The molecule has 0 aromatic heterocycles. The maximum atomic E-state index is 6.21. The largest absolute Gasteiger partial charge is 0.418 e. The summed E-state index contributed by atoms with van der Waals surface area (Å²) >= 11 is 0. The minimum absolute atomic E-state index is 0.866. The van der Waals surface area contributed by atoms with Crippen LogP contribution in [0.1, 0.15) is 20.8 Å². The van der Waals surface area contributed by atoms with Crippen molar-refractivity contribution < 1.29 is 8.85 Å². The molecular weight excluding hydrogens is 208 g/mol. The molecule has 0 spiro atoms. The molecule has 0 saturated heterocycles. The molecule has 0 fully saturated rings. The first-order chi connectivity index (χ1) is 6.45. The van der Waals surface area contributed by atoms with Crippen molar-refractivity contribution >= 4 is 16.6 Å². The third-order valence-electron chi connectivity index (χ3n) is 3.21. The lowest BCUT2D eigenvalue weighted by atomic mass is 10.9. The fourth-order valence-electron chi connectivity index (χ4n) is 1.44. The lowest BCUT2D eigenvalue weighted by Crippen LogP contribution is -2.44. The summed E-state index contributed by atoms with van der Waals surface area (Å²) in [5, 5.41) is 0. The second-order valence-electron chi connectivity index (χ2n) is 4.50. The third kappa shape index (κ3) is 4.25. The van der Waals surface area contributed by atoms with Gasteiger partial charge in [0.2, 0.25) is 8.32 Å². The average Bonchev–Trinajstić information content (AvgIpc) is 2.21. The zero-order chi connectivity index (χ0) is 11.2. The Labute approximate surface area is 91.3 Å². The molecule has 0 bridgehead atoms. The van der Waals surface area contributed by atoms with E-state index in [0.717, 1.165) is 6.23 Å². The summed E-state index contributed by atoms with van der Waals surface area (Å²) in [6.45, 7) is 11.2. The predicted octanol–water partition coefficient (Wildman–Crippen LogP) is 3.40. The van der Waals surface area contributed by atoms with Gasteiger partial charge in [-0.2, -0.15) is 0 Å². The minimum Gasteiger partial charge on any atom is -0.418 e. The van der Waals surface area contributed by atoms with Gasteiger partial charge in [-0.05, 0) is 31.2 Å². The Hall–Kier alpha value is 0.354. The van der Waals surface area contributed by atoms with Crippen LogP contribution in [0.15, 0.2) is 0 Å². The Kier molecular flexibility index (Phi) is 6.20. The van der Waals surface area contributed by atoms with Gasteiger partial charge >= 0.3 is 0 Å². The maximum absolute atomic E-state index is 6.21. The van der Waals surface area contributed by atoms with Crippen LogP contribution in [0.3, 0.4) is 0 Å². The first kappa shape index (κ1) is 14.4. The molecule has 0 radical (unpaired) electrons. The average molecular weight is 234 g/mol. The second kappa shape index (κ2) is 6.05. The van der Waals surface area contributed by atoms with Crippen molar-refractivity contribution in [3.05, 3.63) is 0 Å². The number of hydrogen-bond donors (Lipinski definition) is 0. The first-order valence-electron chi connectivity index (χ1n) is 5.64. The van der Waals surface area contributed by atoms with Crippen molar-refractivity contribution in [2.24, 2.45) is 0 Å². The summed E-state index contributed by atoms with van der Waals surface area (Å²) < 4.78 is 11.7. The Morgan fingerprint density at radius 1 is 0.929 bits per heavy atom. The molecule has 0 aromatic carbocycles. The van der Waals surface area contributed by atoms with Gasteiger partial charge in [-0.25, -0.2) is 0 Å². The van der Waals surface area contributed by atoms with Crippen molar-refractivity contribution in [3.8, 4) is 0 Å². The van der Waals surface area contributed by atoms with E-state index in [0.29, 0.717) is 0 Å². The van der Waals surface area contributed by atoms with Gasteiger partial charge in [0, 0.05) is 7.11 Å². The number of hydrogen-bond acceptors (Lipinski definition) is 2. The quantitative estimate of drug-likeness (QED) is 0.629. The number of rotatable bonds is 7. The van der Waals surface area contributed by atoms with Gasteiger partial charge in [0.15, 0.2) is 8.32 Å². The van der Waals surface area contributed by atoms with Gasteiger partial charge < -0.3 is 8.85 Å². The van der Waals surface area contributed by atoms with E-state index in [2.05, 4.69) is 33.9 Å². The van der Waals surface area contributed by atoms with E-state index in [4.69, 9.17) is 8.85 Å². The highest BCUT2D eigenvalue weighted by Gasteiger charge is 2.32. The molecule has 0 N–H and O–H groups in total. The topological polar surface area (TPSA) is 18.5 Å². The Balaban J connectivity index is 4.19. The van der Waals surface area contributed by atoms with Crippen LogP contribution in [-0.2, 0) is 8.85 Å². The van der Waals surface area contributed by atoms with E-state index in [1.54, 1.807) is 0 Å². The van der Waals surface area contributed by atoms with Crippen LogP contribution in [0, 0.1) is 0 Å². The molecule has 0 aliphatic carbocycles. The lowest BCUT2D eigenvalue weighted by Gasteiger charge is -2.31. The fraction of sp³-hybridized carbons (Fsp3) is 1.00. The van der Waals surface area contributed by atoms with E-state index < -0.39 is 16.6 Å². The van der Waals surface area contributed by atoms with Crippen LogP contribution < -0.4 is 0 Å². The molecule has 0 rings (SSSR count). The monoisotopic (exact) mass is 234 g/mol. The third-order valence-corrected chi connectivity index (χ3v) is 10.1. The van der Waals surface area contributed by atoms with Crippen molar-refractivity contribution in [1.82, 2.24) is 0 Å². The summed E-state index contributed by atoms with van der Waals surface area (Å²) in [4.78, 5) is 0. The van der Waals surface area contributed by atoms with Crippen molar-refractivity contribution in [1.29, 1.82) is 0 Å². The lowest BCUT2D eigenvalue weighted by molar-refractivity contribution is 0.308. The molecule has 2 nitrogen and oxygen atoms in total. The minimum atomic E-state index is -1.52. The standard InChI is InChI=1S/C10H26O2Si2/c1-7-14(8-2,9-3)12-10-13(5,6)11-4/h7-10H2,1-6H3. The van der Waals surface area contributed by atoms with Crippen LogP contribution in [0.4, 0.5) is 0 Å². The van der Waals surface area contributed by atoms with Crippen LogP contribution in [0.5, 0.6) is 0 Å². The van der Waals surface area contributed by atoms with Gasteiger partial charge in [-0.1, -0.05) is 20.8 Å². The van der Waals surface area contributed by atoms with Crippen molar-refractivity contribution in [2.75, 3.05) is 13.3 Å². The summed E-state index contributed by atoms with van der Waals surface area (Å²) in [7, 11) is -1.10. The Bertz CT molecular complexity index is 148. The predicted molar refractivity (Wildman–Crippen MR) is 67.6 cm³/mol. The normalized spacial score (nSPS) is 13.3. The van der Waals surface area contributed by atoms with E-state index in [1.807, 2.05) is 7.11 Å². The summed E-state index contributed by atoms with van der Waals surface area (Å²) in [6, 6.07) is 3.69. The second-order valence-corrected chi connectivity index (χ2v) is 13.5. The summed E-state index contributed by atoms with van der Waals surface area (Å²) in [6.07, 6.45) is 0.866. The zero-order valence-electron chi connectivity index (χ0n) is 10.6. The molecule has 0 saturated carbocycles. The van der Waals surface area contributed by atoms with Crippen molar-refractivity contribution in [2.45, 2.75) is 52.0 Å². The molecule has 4 heteroatoms. The van der Waals surface area contributed by atoms with E-state index in [1.165, 1.54) is 18.1 Å². The Morgan fingerprint density at radius 3 is 1.64 bits per heavy atom. The van der Waals surface area contributed by atoms with E-state index >= 15 is 0 Å². The molecule has 14 heavy (non-hydrogen) atoms. The summed E-state index contributed by atoms with van der Waals surface area (Å²) in [5.74, 6) is 0. The first-order valence-corrected chi connectivity index (χ1v) is 11.3. The van der Waals surface area contributed by atoms with Crippen LogP contribution in [0.25, 0.3) is 0 Å². The highest BCUT2D eigenvalue weighted by Crippen LogP contribution is 2.22. The Morgan fingerprint density at radius 2 is 1.36 bits per heavy atom. The highest BCUT2D eigenvalue weighted by molar-refractivity contribution is 6.76. The van der Waals surface area contributed by atoms with Crippen LogP contribution >= 0.6 is 0 Å². The molecule has 0 atom stereocenters.